The van der Waals surface area contributed by atoms with Gasteiger partial charge in [0.1, 0.15) is 17.5 Å². The second-order valence-electron chi connectivity index (χ2n) is 14.3. The number of hydrogen-bond donors (Lipinski definition) is 7. The normalized spacial score (nSPS) is 19.8. The van der Waals surface area contributed by atoms with Gasteiger partial charge in [-0.25, -0.2) is 22.8 Å². The number of carbonyl (C=O) groups is 4. The summed E-state index contributed by atoms with van der Waals surface area (Å²) in [6.45, 7) is 7.87. The molecule has 0 radical (unpaired) electrons. The van der Waals surface area contributed by atoms with Crippen molar-refractivity contribution in [3.05, 3.63) is 53.2 Å². The number of hydroxylamine groups is 2. The minimum absolute atomic E-state index is 0.0592. The van der Waals surface area contributed by atoms with Gasteiger partial charge in [-0.05, 0) is 75.9 Å². The molecule has 23 heteroatoms. The smallest absolute Gasteiger partial charge is 0.354 e. The van der Waals surface area contributed by atoms with Crippen molar-refractivity contribution in [1.29, 1.82) is 0 Å². The molecule has 9 N–H and O–H groups in total. The van der Waals surface area contributed by atoms with E-state index in [-0.39, 0.29) is 23.7 Å². The lowest BCUT2D eigenvalue weighted by Gasteiger charge is -2.51. The lowest BCUT2D eigenvalue weighted by molar-refractivity contribution is -0.690. The SMILES string of the molecule is CC(O/N=C(\C(=O)NC1C(=O)N(OS(=O)(=O)[O-])C1(C)C)c1csc(N)n1)(C(=O)O)C1CCc2cc(-c3ccc(NCCCN)[n+](CC4CNC4)c3)ccc2O1.O=CO. The van der Waals surface area contributed by atoms with Crippen LogP contribution in [-0.2, 0) is 51.7 Å². The molecule has 314 valence electrons. The zero-order valence-corrected chi connectivity index (χ0v) is 33.4. The van der Waals surface area contributed by atoms with Crippen LogP contribution in [0, 0.1) is 5.92 Å². The van der Waals surface area contributed by atoms with E-state index in [1.807, 2.05) is 18.2 Å². The molecule has 58 heavy (non-hydrogen) atoms. The van der Waals surface area contributed by atoms with E-state index in [4.69, 9.17) is 30.9 Å². The van der Waals surface area contributed by atoms with E-state index in [0.29, 0.717) is 29.7 Å². The molecular formula is C35H45N9O12S2. The van der Waals surface area contributed by atoms with Gasteiger partial charge in [0.25, 0.3) is 29.7 Å². The summed E-state index contributed by atoms with van der Waals surface area (Å²) in [7, 11) is -5.28. The molecule has 2 fully saturated rings. The highest BCUT2D eigenvalue weighted by molar-refractivity contribution is 7.80. The molecule has 5 heterocycles. The van der Waals surface area contributed by atoms with E-state index < -0.39 is 57.2 Å². The van der Waals surface area contributed by atoms with E-state index >= 15 is 0 Å². The maximum Gasteiger partial charge on any atom is 0.354 e. The maximum absolute atomic E-state index is 13.5. The molecule has 3 atom stereocenters. The summed E-state index contributed by atoms with van der Waals surface area (Å²) >= 11 is 0.968. The minimum atomic E-state index is -5.28. The van der Waals surface area contributed by atoms with Crippen molar-refractivity contribution >= 4 is 62.7 Å². The van der Waals surface area contributed by atoms with Gasteiger partial charge in [0.05, 0.1) is 24.8 Å². The predicted molar refractivity (Wildman–Crippen MR) is 206 cm³/mol. The van der Waals surface area contributed by atoms with Crippen molar-refractivity contribution in [2.45, 2.75) is 69.9 Å². The summed E-state index contributed by atoms with van der Waals surface area (Å²) in [4.78, 5) is 57.1. The van der Waals surface area contributed by atoms with Gasteiger partial charge in [-0.2, -0.15) is 9.35 Å². The summed E-state index contributed by atoms with van der Waals surface area (Å²) in [6, 6.07) is 8.46. The molecule has 0 spiro atoms. The van der Waals surface area contributed by atoms with E-state index in [1.165, 1.54) is 26.2 Å². The lowest BCUT2D eigenvalue weighted by Crippen LogP contribution is -2.76. The molecule has 21 nitrogen and oxygen atoms in total. The molecule has 3 unspecified atom stereocenters. The van der Waals surface area contributed by atoms with Gasteiger partial charge in [0, 0.05) is 36.0 Å². The molecule has 0 aliphatic carbocycles. The van der Waals surface area contributed by atoms with Crippen molar-refractivity contribution in [3.8, 4) is 16.9 Å². The van der Waals surface area contributed by atoms with Gasteiger partial charge in [0.15, 0.2) is 16.9 Å². The Bertz CT molecular complexity index is 2160. The first-order valence-corrected chi connectivity index (χ1v) is 20.2. The number of rotatable bonds is 16. The number of thiazole rings is 1. The number of fused-ring (bicyclic) bond motifs is 1. The van der Waals surface area contributed by atoms with Crippen molar-refractivity contribution in [3.63, 3.8) is 0 Å². The average Bonchev–Trinajstić information content (AvgIpc) is 3.59. The highest BCUT2D eigenvalue weighted by Crippen LogP contribution is 2.37. The molecule has 2 amide bonds. The van der Waals surface area contributed by atoms with Gasteiger partial charge in [-0.15, -0.1) is 11.3 Å². The maximum atomic E-state index is 13.5. The van der Waals surface area contributed by atoms with E-state index in [9.17, 15) is 32.5 Å². The number of nitrogens with two attached hydrogens (primary N) is 2. The van der Waals surface area contributed by atoms with Gasteiger partial charge >= 0.3 is 5.97 Å². The number of benzene rings is 1. The predicted octanol–water partition coefficient (Wildman–Crippen LogP) is -0.184. The summed E-state index contributed by atoms with van der Waals surface area (Å²) in [5.41, 5.74) is 10.1. The number of carboxylic acid groups (broad SMARTS) is 2. The van der Waals surface area contributed by atoms with Crippen LogP contribution in [0.2, 0.25) is 0 Å². The largest absolute Gasteiger partial charge is 0.724 e. The number of hydrogen-bond acceptors (Lipinski definition) is 17. The fourth-order valence-electron chi connectivity index (χ4n) is 6.45. The van der Waals surface area contributed by atoms with Crippen LogP contribution in [0.15, 0.2) is 47.1 Å². The number of carboxylic acids is 1. The van der Waals surface area contributed by atoms with E-state index in [0.717, 1.165) is 66.4 Å². The Morgan fingerprint density at radius 1 is 1.28 bits per heavy atom. The van der Waals surface area contributed by atoms with Crippen LogP contribution >= 0.6 is 11.3 Å². The average molecular weight is 848 g/mol. The first-order chi connectivity index (χ1) is 27.4. The highest BCUT2D eigenvalue weighted by Gasteiger charge is 2.57. The van der Waals surface area contributed by atoms with Crippen LogP contribution < -0.4 is 36.7 Å². The number of aliphatic carboxylic acids is 1. The van der Waals surface area contributed by atoms with Crippen LogP contribution in [-0.4, -0.2) is 113 Å². The zero-order valence-electron chi connectivity index (χ0n) is 31.7. The molecule has 2 aromatic heterocycles. The third-order valence-corrected chi connectivity index (χ3v) is 10.8. The Morgan fingerprint density at radius 2 is 1.98 bits per heavy atom. The molecule has 0 bridgehead atoms. The minimum Gasteiger partial charge on any atom is -0.724 e. The van der Waals surface area contributed by atoms with Crippen LogP contribution in [0.4, 0.5) is 10.9 Å². The van der Waals surface area contributed by atoms with Crippen molar-refractivity contribution < 1.29 is 60.8 Å². The number of nitrogen functional groups attached to an aromatic ring is 1. The fourth-order valence-corrected chi connectivity index (χ4v) is 7.45. The van der Waals surface area contributed by atoms with Crippen LogP contribution in [0.1, 0.15) is 44.9 Å². The topological polar surface area (TPSA) is 314 Å². The van der Waals surface area contributed by atoms with Crippen LogP contribution in [0.3, 0.4) is 0 Å². The highest BCUT2D eigenvalue weighted by atomic mass is 32.3. The Balaban J connectivity index is 0.00000207. The number of aromatic nitrogens is 2. The number of anilines is 2. The third-order valence-electron chi connectivity index (χ3n) is 9.84. The van der Waals surface area contributed by atoms with Crippen molar-refractivity contribution in [2.75, 3.05) is 37.2 Å². The molecule has 3 aliphatic heterocycles. The summed E-state index contributed by atoms with van der Waals surface area (Å²) in [5, 5.41) is 32.2. The number of nitrogens with zero attached hydrogens (tertiary/aromatic N) is 4. The summed E-state index contributed by atoms with van der Waals surface area (Å²) in [5.74, 6) is -1.47. The fraction of sp³-hybridized carbons (Fsp3) is 0.457. The molecule has 0 saturated carbocycles. The Kier molecular flexibility index (Phi) is 13.5. The Morgan fingerprint density at radius 3 is 2.57 bits per heavy atom. The van der Waals surface area contributed by atoms with Gasteiger partial charge in [-0.1, -0.05) is 11.2 Å². The number of carbonyl (C=O) groups excluding carboxylic acids is 2. The first kappa shape index (κ1) is 43.7. The number of pyridine rings is 1. The van der Waals surface area contributed by atoms with Crippen LogP contribution in [0.25, 0.3) is 11.1 Å². The standard InChI is InChI=1S/C34H43N9O10S2.CH2O2/c1-33(2)28(30(45)43(33)53-55(48,49)50)40-29(44)27(23-18-54-32(36)39-23)41-52-34(3,31(46)47)25-9-6-21-13-20(5-8-24(21)51-25)22-7-10-26(38-12-4-11-35)42(17-22)16-19-14-37-15-19;2-1-3/h5,7-8,10,13,17-19,25,28,37H,4,6,9,11-12,14-16,35H2,1-3H3,(H5,36,39,40,44,46,47,48,49,50);1H,(H,2,3)/b41-27-;. The summed E-state index contributed by atoms with van der Waals surface area (Å²) < 4.78 is 46.0. The van der Waals surface area contributed by atoms with E-state index in [2.05, 4.69) is 47.2 Å². The molecule has 2 saturated heterocycles. The monoisotopic (exact) mass is 847 g/mol. The number of amides is 2. The second-order valence-corrected chi connectivity index (χ2v) is 16.2. The number of aryl methyl sites for hydroxylation is 1. The number of ether oxygens (including phenoxy) is 1. The van der Waals surface area contributed by atoms with Gasteiger partial charge in [0.2, 0.25) is 10.4 Å². The third kappa shape index (κ3) is 9.79. The molecule has 1 aromatic carbocycles. The first-order valence-electron chi connectivity index (χ1n) is 18.0. The molecular weight excluding hydrogens is 803 g/mol. The number of nitrogens with one attached hydrogen (secondary N) is 3. The second kappa shape index (κ2) is 18.0. The number of oxime groups is 1. The van der Waals surface area contributed by atoms with Crippen molar-refractivity contribution in [2.24, 2.45) is 16.8 Å². The molecule has 6 rings (SSSR count). The van der Waals surface area contributed by atoms with Gasteiger partial charge < -0.3 is 46.4 Å². The van der Waals surface area contributed by atoms with Crippen LogP contribution in [0.5, 0.6) is 5.75 Å². The van der Waals surface area contributed by atoms with Crippen molar-refractivity contribution in [1.82, 2.24) is 20.7 Å². The Labute approximate surface area is 337 Å². The molecule has 3 aliphatic rings. The summed E-state index contributed by atoms with van der Waals surface area (Å²) in [6.07, 6.45) is 2.59. The zero-order chi connectivity index (χ0) is 42.4. The molecule has 3 aromatic rings. The van der Waals surface area contributed by atoms with E-state index in [1.54, 1.807) is 6.07 Å². The Hall–Kier alpha value is -5.46. The lowest BCUT2D eigenvalue weighted by atomic mass is 9.84. The van der Waals surface area contributed by atoms with Gasteiger partial charge in [-0.3, -0.25) is 19.7 Å². The quantitative estimate of drug-likeness (QED) is 0.0144. The number of β-lactam (4-membered cyclic amide) rings is 1.